The third-order valence-electron chi connectivity index (χ3n) is 2.91. The average molecular weight is 314 g/mol. The Morgan fingerprint density at radius 2 is 1.94 bits per heavy atom. The Morgan fingerprint density at radius 3 is 2.50 bits per heavy atom. The largest absolute Gasteiger partial charge is 0.490 e. The van der Waals surface area contributed by atoms with Gasteiger partial charge in [-0.2, -0.15) is 0 Å². The molecule has 0 amide bonds. The smallest absolute Gasteiger partial charge is 0.127 e. The fourth-order valence-corrected chi connectivity index (χ4v) is 2.32. The third kappa shape index (κ3) is 4.62. The second-order valence-corrected chi connectivity index (χ2v) is 6.00. The van der Waals surface area contributed by atoms with E-state index >= 15 is 0 Å². The highest BCUT2D eigenvalue weighted by Crippen LogP contribution is 2.29. The van der Waals surface area contributed by atoms with Crippen molar-refractivity contribution >= 4 is 15.9 Å². The van der Waals surface area contributed by atoms with Crippen molar-refractivity contribution in [3.63, 3.8) is 0 Å². The van der Waals surface area contributed by atoms with Crippen LogP contribution in [0.3, 0.4) is 0 Å². The summed E-state index contributed by atoms with van der Waals surface area (Å²) in [6.45, 7) is 11.5. The number of hydrogen-bond donors (Lipinski definition) is 1. The monoisotopic (exact) mass is 313 g/mol. The number of hydrogen-bond acceptors (Lipinski definition) is 2. The van der Waals surface area contributed by atoms with Crippen LogP contribution in [0.15, 0.2) is 16.6 Å². The average Bonchev–Trinajstić information content (AvgIpc) is 2.29. The van der Waals surface area contributed by atoms with Gasteiger partial charge in [0, 0.05) is 22.6 Å². The Bertz CT molecular complexity index is 390. The van der Waals surface area contributed by atoms with Gasteiger partial charge in [0.25, 0.3) is 0 Å². The summed E-state index contributed by atoms with van der Waals surface area (Å²) in [5.41, 5.74) is 2.40. The lowest BCUT2D eigenvalue weighted by molar-refractivity contribution is 0.213. The van der Waals surface area contributed by atoms with Gasteiger partial charge in [-0.05, 0) is 38.0 Å². The van der Waals surface area contributed by atoms with Crippen LogP contribution in [-0.2, 0) is 6.54 Å². The Balaban J connectivity index is 2.96. The summed E-state index contributed by atoms with van der Waals surface area (Å²) < 4.78 is 7.16. The molecule has 1 unspecified atom stereocenters. The van der Waals surface area contributed by atoms with E-state index in [4.69, 9.17) is 4.74 Å². The highest BCUT2D eigenvalue weighted by molar-refractivity contribution is 9.10. The summed E-state index contributed by atoms with van der Waals surface area (Å²) in [5, 5.41) is 3.45. The number of aryl methyl sites for hydroxylation is 1. The van der Waals surface area contributed by atoms with E-state index in [0.29, 0.717) is 6.04 Å². The normalized spacial score (nSPS) is 12.8. The molecule has 1 aromatic rings. The zero-order valence-corrected chi connectivity index (χ0v) is 13.6. The highest BCUT2D eigenvalue weighted by atomic mass is 79.9. The van der Waals surface area contributed by atoms with Gasteiger partial charge in [0.15, 0.2) is 0 Å². The van der Waals surface area contributed by atoms with Crippen LogP contribution in [0.4, 0.5) is 0 Å². The fraction of sp³-hybridized carbons (Fsp3) is 0.600. The van der Waals surface area contributed by atoms with E-state index in [2.05, 4.69) is 68.0 Å². The molecule has 0 aliphatic rings. The van der Waals surface area contributed by atoms with E-state index in [0.717, 1.165) is 23.2 Å². The molecule has 1 atom stereocenters. The number of ether oxygens (including phenoxy) is 1. The van der Waals surface area contributed by atoms with Gasteiger partial charge < -0.3 is 10.1 Å². The summed E-state index contributed by atoms with van der Waals surface area (Å²) in [6.07, 6.45) is 1.27. The first-order valence-electron chi connectivity index (χ1n) is 6.63. The SMILES string of the molecule is CCC(C)Oc1c(C)cc(Br)cc1CNC(C)C. The molecule has 3 heteroatoms. The van der Waals surface area contributed by atoms with E-state index in [1.807, 2.05) is 0 Å². The van der Waals surface area contributed by atoms with Crippen molar-refractivity contribution in [3.8, 4) is 5.75 Å². The molecule has 2 nitrogen and oxygen atoms in total. The zero-order chi connectivity index (χ0) is 13.7. The summed E-state index contributed by atoms with van der Waals surface area (Å²) in [6, 6.07) is 4.72. The molecule has 1 aromatic carbocycles. The topological polar surface area (TPSA) is 21.3 Å². The molecule has 0 aromatic heterocycles. The van der Waals surface area contributed by atoms with Crippen molar-refractivity contribution in [2.75, 3.05) is 0 Å². The predicted octanol–water partition coefficient (Wildman–Crippen LogP) is 4.43. The van der Waals surface area contributed by atoms with E-state index in [1.54, 1.807) is 0 Å². The molecule has 0 fully saturated rings. The van der Waals surface area contributed by atoms with E-state index < -0.39 is 0 Å². The van der Waals surface area contributed by atoms with Crippen LogP contribution < -0.4 is 10.1 Å². The first-order valence-corrected chi connectivity index (χ1v) is 7.42. The highest BCUT2D eigenvalue weighted by Gasteiger charge is 2.12. The molecule has 1 N–H and O–H groups in total. The quantitative estimate of drug-likeness (QED) is 0.838. The predicted molar refractivity (Wildman–Crippen MR) is 81.2 cm³/mol. The van der Waals surface area contributed by atoms with Crippen molar-refractivity contribution in [1.29, 1.82) is 0 Å². The lowest BCUT2D eigenvalue weighted by atomic mass is 10.1. The van der Waals surface area contributed by atoms with Crippen LogP contribution in [-0.4, -0.2) is 12.1 Å². The van der Waals surface area contributed by atoms with Gasteiger partial charge in [-0.25, -0.2) is 0 Å². The zero-order valence-electron chi connectivity index (χ0n) is 12.0. The van der Waals surface area contributed by atoms with Crippen LogP contribution in [0.5, 0.6) is 5.75 Å². The van der Waals surface area contributed by atoms with Crippen molar-refractivity contribution < 1.29 is 4.74 Å². The van der Waals surface area contributed by atoms with Gasteiger partial charge in [0.2, 0.25) is 0 Å². The van der Waals surface area contributed by atoms with Gasteiger partial charge in [-0.15, -0.1) is 0 Å². The summed E-state index contributed by atoms with van der Waals surface area (Å²) in [5.74, 6) is 1.03. The molecule has 0 heterocycles. The maximum atomic E-state index is 6.05. The van der Waals surface area contributed by atoms with Crippen molar-refractivity contribution in [2.24, 2.45) is 0 Å². The second kappa shape index (κ2) is 7.15. The minimum absolute atomic E-state index is 0.252. The van der Waals surface area contributed by atoms with Crippen molar-refractivity contribution in [1.82, 2.24) is 5.32 Å². The van der Waals surface area contributed by atoms with E-state index in [1.165, 1.54) is 11.1 Å². The summed E-state index contributed by atoms with van der Waals surface area (Å²) in [4.78, 5) is 0. The van der Waals surface area contributed by atoms with Crippen molar-refractivity contribution in [2.45, 2.75) is 59.7 Å². The Kier molecular flexibility index (Phi) is 6.16. The molecule has 0 radical (unpaired) electrons. The number of rotatable bonds is 6. The Morgan fingerprint density at radius 1 is 1.28 bits per heavy atom. The van der Waals surface area contributed by atoms with Gasteiger partial charge >= 0.3 is 0 Å². The molecule has 0 saturated carbocycles. The first-order chi connectivity index (χ1) is 8.43. The minimum atomic E-state index is 0.252. The maximum Gasteiger partial charge on any atom is 0.127 e. The van der Waals surface area contributed by atoms with Crippen LogP contribution in [0, 0.1) is 6.92 Å². The Labute approximate surface area is 119 Å². The van der Waals surface area contributed by atoms with Crippen LogP contribution in [0.1, 0.15) is 45.2 Å². The van der Waals surface area contributed by atoms with E-state index in [9.17, 15) is 0 Å². The molecule has 0 bridgehead atoms. The number of nitrogens with one attached hydrogen (secondary N) is 1. The summed E-state index contributed by atoms with van der Waals surface area (Å²) in [7, 11) is 0. The van der Waals surface area contributed by atoms with Crippen LogP contribution in [0.25, 0.3) is 0 Å². The van der Waals surface area contributed by atoms with Gasteiger partial charge in [-0.3, -0.25) is 0 Å². The molecular weight excluding hydrogens is 290 g/mol. The van der Waals surface area contributed by atoms with E-state index in [-0.39, 0.29) is 6.10 Å². The number of halogens is 1. The Hall–Kier alpha value is -0.540. The van der Waals surface area contributed by atoms with Crippen LogP contribution >= 0.6 is 15.9 Å². The second-order valence-electron chi connectivity index (χ2n) is 5.08. The molecule has 0 aliphatic carbocycles. The molecule has 0 saturated heterocycles. The molecule has 18 heavy (non-hydrogen) atoms. The van der Waals surface area contributed by atoms with Gasteiger partial charge in [-0.1, -0.05) is 36.7 Å². The molecule has 0 spiro atoms. The first kappa shape index (κ1) is 15.5. The van der Waals surface area contributed by atoms with Gasteiger partial charge in [0.05, 0.1) is 6.10 Å². The van der Waals surface area contributed by atoms with Crippen molar-refractivity contribution in [3.05, 3.63) is 27.7 Å². The molecule has 0 aliphatic heterocycles. The lowest BCUT2D eigenvalue weighted by Gasteiger charge is -2.20. The molecule has 102 valence electrons. The fourth-order valence-electron chi connectivity index (χ4n) is 1.70. The molecular formula is C15H24BrNO. The third-order valence-corrected chi connectivity index (χ3v) is 3.37. The standard InChI is InChI=1S/C15H24BrNO/c1-6-12(5)18-15-11(4)7-14(16)8-13(15)9-17-10(2)3/h7-8,10,12,17H,6,9H2,1-5H3. The molecule has 1 rings (SSSR count). The lowest BCUT2D eigenvalue weighted by Crippen LogP contribution is -2.23. The van der Waals surface area contributed by atoms with Crippen LogP contribution in [0.2, 0.25) is 0 Å². The maximum absolute atomic E-state index is 6.05. The van der Waals surface area contributed by atoms with Gasteiger partial charge in [0.1, 0.15) is 5.75 Å². The minimum Gasteiger partial charge on any atom is -0.490 e. The number of benzene rings is 1. The summed E-state index contributed by atoms with van der Waals surface area (Å²) >= 11 is 3.55.